The molecule has 7 heteroatoms. The van der Waals surface area contributed by atoms with Crippen molar-refractivity contribution in [2.75, 3.05) is 14.7 Å². The normalized spacial score (nSPS) is 14.9. The molecule has 3 aliphatic heterocycles. The van der Waals surface area contributed by atoms with Crippen LogP contribution in [0.15, 0.2) is 375 Å². The van der Waals surface area contributed by atoms with Crippen LogP contribution >= 0.6 is 35.3 Å². The number of benzene rings is 17. The first-order valence-electron chi connectivity index (χ1n) is 41.2. The third-order valence-electron chi connectivity index (χ3n) is 26.0. The number of hydrogen-bond acceptors (Lipinski definition) is 6. The van der Waals surface area contributed by atoms with Crippen molar-refractivity contribution in [3.05, 3.63) is 401 Å². The van der Waals surface area contributed by atoms with E-state index in [1.54, 1.807) is 0 Å². The van der Waals surface area contributed by atoms with E-state index in [1.807, 2.05) is 35.3 Å². The Morgan fingerprint density at radius 2 is 0.669 bits per heavy atom. The van der Waals surface area contributed by atoms with Gasteiger partial charge in [-0.3, -0.25) is 0 Å². The molecule has 8 aliphatic rings. The fraction of sp³-hybridized carbons (Fsp3) is 0.0811. The van der Waals surface area contributed by atoms with Crippen LogP contribution in [-0.4, -0.2) is 4.57 Å². The van der Waals surface area contributed by atoms with Crippen molar-refractivity contribution in [1.82, 2.24) is 4.57 Å². The molecule has 0 saturated carbocycles. The lowest BCUT2D eigenvalue weighted by atomic mass is 9.81. The molecule has 0 unspecified atom stereocenters. The van der Waals surface area contributed by atoms with E-state index in [0.717, 1.165) is 19.3 Å². The van der Waals surface area contributed by atoms with Gasteiger partial charge in [0.1, 0.15) is 0 Å². The highest BCUT2D eigenvalue weighted by atomic mass is 32.2. The Bertz CT molecular complexity index is 7460. The number of anilines is 9. The minimum atomic E-state index is -0.0239. The summed E-state index contributed by atoms with van der Waals surface area (Å²) < 4.78 is 2.38. The monoisotopic (exact) mass is 1560 g/mol. The van der Waals surface area contributed by atoms with E-state index in [1.165, 1.54) is 229 Å². The number of aromatic nitrogens is 1. The van der Waals surface area contributed by atoms with E-state index in [2.05, 4.69) is 411 Å². The number of hydrogen-bond donors (Lipinski definition) is 0. The average Bonchev–Trinajstić information content (AvgIpc) is 1.62. The van der Waals surface area contributed by atoms with Gasteiger partial charge in [-0.1, -0.05) is 306 Å². The lowest BCUT2D eigenvalue weighted by molar-refractivity contribution is 0.660. The van der Waals surface area contributed by atoms with Crippen LogP contribution in [0.4, 0.5) is 51.2 Å². The summed E-state index contributed by atoms with van der Waals surface area (Å²) in [5.41, 5.74) is 36.7. The number of nitrogens with zero attached hydrogens (tertiary/aromatic N) is 4. The van der Waals surface area contributed by atoms with Crippen LogP contribution in [0.5, 0.6) is 0 Å². The Kier molecular flexibility index (Phi) is 15.7. The zero-order valence-electron chi connectivity index (χ0n) is 65.8. The van der Waals surface area contributed by atoms with E-state index in [-0.39, 0.29) is 10.8 Å². The number of fused-ring (bicyclic) bond motifs is 18. The topological polar surface area (TPSA) is 14.7 Å². The van der Waals surface area contributed by atoms with Gasteiger partial charge in [-0.15, -0.1) is 0 Å². The van der Waals surface area contributed by atoms with Crippen LogP contribution in [-0.2, 0) is 30.1 Å². The van der Waals surface area contributed by atoms with E-state index in [9.17, 15) is 0 Å². The molecule has 0 spiro atoms. The number of allylic oxidation sites excluding steroid dienone is 3. The van der Waals surface area contributed by atoms with Gasteiger partial charge < -0.3 is 19.3 Å². The summed E-state index contributed by atoms with van der Waals surface area (Å²) in [7, 11) is 0. The van der Waals surface area contributed by atoms with E-state index >= 15 is 0 Å². The van der Waals surface area contributed by atoms with Gasteiger partial charge in [0.05, 0.1) is 45.2 Å². The van der Waals surface area contributed by atoms with Crippen molar-refractivity contribution in [2.24, 2.45) is 0 Å². The molecular weight excluding hydrogens is 1490 g/mol. The van der Waals surface area contributed by atoms with Gasteiger partial charge in [0.2, 0.25) is 0 Å². The van der Waals surface area contributed by atoms with Crippen molar-refractivity contribution in [3.8, 4) is 39.1 Å². The summed E-state index contributed by atoms with van der Waals surface area (Å²) in [6.45, 7) is 9.44. The maximum atomic E-state index is 2.50. The maximum Gasteiger partial charge on any atom is 0.0610 e. The molecule has 26 rings (SSSR count). The zero-order chi connectivity index (χ0) is 78.2. The van der Waals surface area contributed by atoms with Gasteiger partial charge in [-0.25, -0.2) is 0 Å². The molecular formula is C111H78N4S3. The molecule has 0 amide bonds. The van der Waals surface area contributed by atoms with Crippen LogP contribution in [0.2, 0.25) is 0 Å². The molecule has 0 fully saturated rings. The third-order valence-corrected chi connectivity index (χ3v) is 29.7. The molecule has 4 heterocycles. The third kappa shape index (κ3) is 10.6. The minimum Gasteiger partial charge on any atom is -0.309 e. The SMILES string of the molecule is C1=Cc2cccc3cc4c(c(c23)C1)Sc1ccccc1N4c1ccc2c(c1)c1ccccc1n2-c1ccccc1.CC1(C)c2ccccc2-c2ccc(-c3ccc4c(c3)N(c3ccccc3)c3cc5cccc6c5c(c3S4)CC=C6)cc21.CC1(C)c2ccccc2-c2ccc(N3c4ccccc4Sc4c3cc3cccc5c3c4CC=C5)cc21. The van der Waals surface area contributed by atoms with Crippen molar-refractivity contribution in [3.63, 3.8) is 0 Å². The smallest absolute Gasteiger partial charge is 0.0610 e. The van der Waals surface area contributed by atoms with E-state index in [0.29, 0.717) is 0 Å². The predicted octanol–water partition coefficient (Wildman–Crippen LogP) is 31.4. The Hall–Kier alpha value is -13.0. The lowest BCUT2D eigenvalue weighted by Crippen LogP contribution is -2.18. The summed E-state index contributed by atoms with van der Waals surface area (Å²) in [4.78, 5) is 15.5. The van der Waals surface area contributed by atoms with Crippen molar-refractivity contribution < 1.29 is 0 Å². The molecule has 0 atom stereocenters. The van der Waals surface area contributed by atoms with Gasteiger partial charge in [0.15, 0.2) is 0 Å². The minimum absolute atomic E-state index is 0.0171. The first-order chi connectivity index (χ1) is 58.0. The second-order valence-corrected chi connectivity index (χ2v) is 36.4. The van der Waals surface area contributed by atoms with Gasteiger partial charge in [-0.2, -0.15) is 0 Å². The highest BCUT2D eigenvalue weighted by Crippen LogP contribution is 2.61. The fourth-order valence-electron chi connectivity index (χ4n) is 20.6. The van der Waals surface area contributed by atoms with Crippen LogP contribution < -0.4 is 14.7 Å². The van der Waals surface area contributed by atoms with Crippen LogP contribution in [0.3, 0.4) is 0 Å². The quantitative estimate of drug-likeness (QED) is 0.169. The van der Waals surface area contributed by atoms with Crippen LogP contribution in [0.1, 0.15) is 83.3 Å². The summed E-state index contributed by atoms with van der Waals surface area (Å²) >= 11 is 5.78. The second kappa shape index (κ2) is 26.8. The van der Waals surface area contributed by atoms with Crippen LogP contribution in [0.25, 0.3) is 111 Å². The molecule has 0 N–H and O–H groups in total. The average molecular weight is 1560 g/mol. The molecule has 1 aromatic heterocycles. The Balaban J connectivity index is 0.000000101. The van der Waals surface area contributed by atoms with E-state index < -0.39 is 0 Å². The van der Waals surface area contributed by atoms with Gasteiger partial charge in [0, 0.05) is 73.7 Å². The largest absolute Gasteiger partial charge is 0.309 e. The molecule has 0 bridgehead atoms. The van der Waals surface area contributed by atoms with Gasteiger partial charge >= 0.3 is 0 Å². The second-order valence-electron chi connectivity index (χ2n) is 33.3. The first-order valence-corrected chi connectivity index (χ1v) is 43.6. The molecule has 5 aliphatic carbocycles. The molecule has 17 aromatic carbocycles. The van der Waals surface area contributed by atoms with Crippen molar-refractivity contribution in [1.29, 1.82) is 0 Å². The molecule has 560 valence electrons. The van der Waals surface area contributed by atoms with Crippen LogP contribution in [0, 0.1) is 0 Å². The molecule has 4 nitrogen and oxygen atoms in total. The highest BCUT2D eigenvalue weighted by molar-refractivity contribution is 8.00. The Morgan fingerprint density at radius 1 is 0.263 bits per heavy atom. The molecule has 18 aromatic rings. The highest BCUT2D eigenvalue weighted by Gasteiger charge is 2.40. The zero-order valence-corrected chi connectivity index (χ0v) is 68.2. The molecule has 0 saturated heterocycles. The van der Waals surface area contributed by atoms with Gasteiger partial charge in [0.25, 0.3) is 0 Å². The van der Waals surface area contributed by atoms with E-state index in [4.69, 9.17) is 0 Å². The summed E-state index contributed by atoms with van der Waals surface area (Å²) in [6.07, 6.45) is 16.7. The Morgan fingerprint density at radius 3 is 1.22 bits per heavy atom. The standard InChI is InChI=1S/C40H29NS.C37H24N2S.C34H25NS/c1-40(2)33-17-7-6-15-30(33)31-20-18-26(22-34(31)40)27-19-21-37-35(23-27)41(29-13-4-3-5-14-29)36-24-28-12-8-10-25-11-9-16-32(38(25)28)39(36)42-37;1-2-13-26(14-3-1)38-31-17-5-4-15-28(31)30-23-27(20-21-32(30)38)39-33-18-6-7-19-35(33)40-37-29-16-9-11-24-10-8-12-25(36(24)29)22-34(37)39;1-34(2)27-14-4-3-12-24(27)25-18-17-23(20-28(25)34)35-29-15-5-6-16-31(29)36-33-26-13-8-10-21-9-7-11-22(32(21)26)19-30(33)35/h3-15,17-24H,16H2,1-2H3;1-15,17-23H,16H2;3-12,14-20H,13H2,1-2H3. The lowest BCUT2D eigenvalue weighted by Gasteiger charge is -2.35. The summed E-state index contributed by atoms with van der Waals surface area (Å²) in [5.74, 6) is 0. The first kappa shape index (κ1) is 69.3. The maximum absolute atomic E-state index is 2.50. The Labute approximate surface area is 700 Å². The van der Waals surface area contributed by atoms with Crippen molar-refractivity contribution in [2.45, 2.75) is 87.2 Å². The predicted molar refractivity (Wildman–Crippen MR) is 501 cm³/mol. The van der Waals surface area contributed by atoms with Gasteiger partial charge in [-0.05, 0) is 262 Å². The molecule has 118 heavy (non-hydrogen) atoms. The fourth-order valence-corrected chi connectivity index (χ4v) is 24.1. The number of para-hydroxylation sites is 5. The molecule has 0 radical (unpaired) electrons. The summed E-state index contributed by atoms with van der Waals surface area (Å²) in [5, 5.41) is 10.7. The van der Waals surface area contributed by atoms with Crippen molar-refractivity contribution >= 4 is 159 Å². The number of rotatable bonds is 5. The summed E-state index contributed by atoms with van der Waals surface area (Å²) in [6, 6.07) is 121.